The van der Waals surface area contributed by atoms with Crippen LogP contribution in [0.4, 0.5) is 0 Å². The average molecular weight is 629 g/mol. The lowest BCUT2D eigenvalue weighted by Gasteiger charge is -2.19. The summed E-state index contributed by atoms with van der Waals surface area (Å²) in [6.07, 6.45) is 0. The van der Waals surface area contributed by atoms with Crippen LogP contribution in [0.25, 0.3) is 119 Å². The standard InChI is InChI=1S/C50H28/c1-3-14-30(15-4-1)44-42-28-40-35-20-10-9-19-34(35)36-21-11-23-38(46(36)40)48(42)45(31-16-5-2-6-17-31)50-41-27-32-26-25-29-13-7-8-18-33(29)43(32)37-22-12-24-39(47(37)41)49(44)50/h1-28H. The van der Waals surface area contributed by atoms with E-state index in [1.54, 1.807) is 0 Å². The van der Waals surface area contributed by atoms with E-state index in [-0.39, 0.29) is 0 Å². The summed E-state index contributed by atoms with van der Waals surface area (Å²) in [6, 6.07) is 63.6. The van der Waals surface area contributed by atoms with Crippen LogP contribution in [0.15, 0.2) is 170 Å². The third-order valence-electron chi connectivity index (χ3n) is 11.5. The molecule has 0 atom stereocenters. The van der Waals surface area contributed by atoms with E-state index in [9.17, 15) is 0 Å². The molecule has 0 aliphatic heterocycles. The summed E-state index contributed by atoms with van der Waals surface area (Å²) in [5.41, 5.74) is 5.15. The van der Waals surface area contributed by atoms with Crippen molar-refractivity contribution < 1.29 is 0 Å². The maximum Gasteiger partial charge on any atom is -0.000697 e. The minimum absolute atomic E-state index is 1.25. The molecule has 0 bridgehead atoms. The van der Waals surface area contributed by atoms with E-state index >= 15 is 0 Å². The van der Waals surface area contributed by atoms with Gasteiger partial charge in [0.2, 0.25) is 0 Å². The summed E-state index contributed by atoms with van der Waals surface area (Å²) in [5, 5.41) is 23.9. The van der Waals surface area contributed by atoms with Gasteiger partial charge in [-0.1, -0.05) is 158 Å². The third kappa shape index (κ3) is 3.26. The van der Waals surface area contributed by atoms with Crippen LogP contribution in [0.3, 0.4) is 0 Å². The summed E-state index contributed by atoms with van der Waals surface area (Å²) >= 11 is 0. The van der Waals surface area contributed by atoms with Crippen molar-refractivity contribution in [2.75, 3.05) is 0 Å². The molecule has 0 saturated carbocycles. The van der Waals surface area contributed by atoms with Crippen LogP contribution >= 0.6 is 0 Å². The molecule has 0 unspecified atom stereocenters. The van der Waals surface area contributed by atoms with E-state index in [1.165, 1.54) is 119 Å². The molecule has 12 aromatic carbocycles. The second kappa shape index (κ2) is 9.56. The third-order valence-corrected chi connectivity index (χ3v) is 11.5. The maximum absolute atomic E-state index is 2.52. The van der Waals surface area contributed by atoms with Gasteiger partial charge >= 0.3 is 0 Å². The molecule has 0 N–H and O–H groups in total. The van der Waals surface area contributed by atoms with Gasteiger partial charge in [0.1, 0.15) is 0 Å². The van der Waals surface area contributed by atoms with Gasteiger partial charge in [0.15, 0.2) is 0 Å². The molecule has 0 fully saturated rings. The van der Waals surface area contributed by atoms with Crippen molar-refractivity contribution in [1.29, 1.82) is 0 Å². The normalized spacial score (nSPS) is 12.4. The summed E-state index contributed by atoms with van der Waals surface area (Å²) < 4.78 is 0. The molecule has 12 aromatic rings. The Labute approximate surface area is 288 Å². The molecule has 0 amide bonds. The summed E-state index contributed by atoms with van der Waals surface area (Å²) in [5.74, 6) is 0. The van der Waals surface area contributed by atoms with Crippen molar-refractivity contribution in [3.05, 3.63) is 170 Å². The van der Waals surface area contributed by atoms with Crippen molar-refractivity contribution in [2.45, 2.75) is 0 Å². The highest BCUT2D eigenvalue weighted by Gasteiger charge is 2.27. The Hall–Kier alpha value is -6.50. The van der Waals surface area contributed by atoms with Crippen LogP contribution in [-0.4, -0.2) is 0 Å². The number of rotatable bonds is 2. The molecular formula is C50H28. The van der Waals surface area contributed by atoms with E-state index in [0.717, 1.165) is 0 Å². The van der Waals surface area contributed by atoms with Gasteiger partial charge in [0.25, 0.3) is 0 Å². The van der Waals surface area contributed by atoms with Gasteiger partial charge in [-0.2, -0.15) is 0 Å². The van der Waals surface area contributed by atoms with E-state index in [1.807, 2.05) is 0 Å². The van der Waals surface area contributed by atoms with Gasteiger partial charge in [0, 0.05) is 0 Å². The smallest absolute Gasteiger partial charge is 0.000697 e. The van der Waals surface area contributed by atoms with Crippen molar-refractivity contribution in [3.8, 4) is 22.3 Å². The van der Waals surface area contributed by atoms with Crippen LogP contribution in [0.5, 0.6) is 0 Å². The summed E-state index contributed by atoms with van der Waals surface area (Å²) in [4.78, 5) is 0. The fourth-order valence-electron chi connectivity index (χ4n) is 9.58. The highest BCUT2D eigenvalue weighted by molar-refractivity contribution is 6.46. The molecule has 0 heteroatoms. The molecular weight excluding hydrogens is 601 g/mol. The highest BCUT2D eigenvalue weighted by Crippen LogP contribution is 2.55. The first-order chi connectivity index (χ1) is 24.8. The lowest BCUT2D eigenvalue weighted by atomic mass is 9.84. The molecule has 0 nitrogen and oxygen atoms in total. The van der Waals surface area contributed by atoms with Gasteiger partial charge in [-0.3, -0.25) is 0 Å². The van der Waals surface area contributed by atoms with Gasteiger partial charge in [-0.15, -0.1) is 0 Å². The number of hydrogen-bond donors (Lipinski definition) is 0. The highest BCUT2D eigenvalue weighted by atomic mass is 14.3. The van der Waals surface area contributed by atoms with Gasteiger partial charge in [-0.05, 0) is 131 Å². The first-order valence-electron chi connectivity index (χ1n) is 17.5. The Morgan fingerprint density at radius 3 is 1.44 bits per heavy atom. The van der Waals surface area contributed by atoms with Crippen LogP contribution in [0.1, 0.15) is 0 Å². The molecule has 0 aliphatic rings. The molecule has 0 radical (unpaired) electrons. The minimum Gasteiger partial charge on any atom is -0.0622 e. The number of hydrogen-bond acceptors (Lipinski definition) is 0. The van der Waals surface area contributed by atoms with Crippen molar-refractivity contribution in [3.63, 3.8) is 0 Å². The second-order valence-electron chi connectivity index (χ2n) is 13.9. The zero-order valence-corrected chi connectivity index (χ0v) is 27.2. The SMILES string of the molecule is c1ccc(-c2c3cc4c5ccccc5c5cccc(c3c(-c3ccccc3)c3c6cc7ccc8ccccc8c7c7cccc(c23)c67)c54)cc1. The Morgan fingerprint density at radius 2 is 0.700 bits per heavy atom. The molecule has 0 aromatic heterocycles. The predicted molar refractivity (Wildman–Crippen MR) is 217 cm³/mol. The van der Waals surface area contributed by atoms with Crippen molar-refractivity contribution in [2.24, 2.45) is 0 Å². The Kier molecular flexibility index (Phi) is 5.06. The fourth-order valence-corrected chi connectivity index (χ4v) is 9.58. The number of fused-ring (bicyclic) bond motifs is 12. The monoisotopic (exact) mass is 628 g/mol. The van der Waals surface area contributed by atoms with Crippen LogP contribution in [0.2, 0.25) is 0 Å². The predicted octanol–water partition coefficient (Wildman–Crippen LogP) is 14.3. The van der Waals surface area contributed by atoms with Crippen molar-refractivity contribution in [1.82, 2.24) is 0 Å². The van der Waals surface area contributed by atoms with Crippen molar-refractivity contribution >= 4 is 97.0 Å². The van der Waals surface area contributed by atoms with Gasteiger partial charge in [-0.25, -0.2) is 0 Å². The number of benzene rings is 10. The lowest BCUT2D eigenvalue weighted by Crippen LogP contribution is -1.91. The van der Waals surface area contributed by atoms with Crippen LogP contribution in [0, 0.1) is 0 Å². The molecule has 0 saturated heterocycles. The topological polar surface area (TPSA) is 0 Å². The second-order valence-corrected chi connectivity index (χ2v) is 13.9. The molecule has 0 spiro atoms. The minimum atomic E-state index is 1.25. The maximum atomic E-state index is 2.52. The zero-order chi connectivity index (χ0) is 32.5. The van der Waals surface area contributed by atoms with E-state index in [2.05, 4.69) is 170 Å². The van der Waals surface area contributed by atoms with Gasteiger partial charge < -0.3 is 0 Å². The van der Waals surface area contributed by atoms with Crippen LogP contribution in [-0.2, 0) is 0 Å². The Morgan fingerprint density at radius 1 is 0.200 bits per heavy atom. The van der Waals surface area contributed by atoms with E-state index < -0.39 is 0 Å². The van der Waals surface area contributed by atoms with E-state index in [0.29, 0.717) is 0 Å². The zero-order valence-electron chi connectivity index (χ0n) is 27.2. The van der Waals surface area contributed by atoms with E-state index in [4.69, 9.17) is 0 Å². The van der Waals surface area contributed by atoms with Gasteiger partial charge in [0.05, 0.1) is 0 Å². The Bertz CT molecular complexity index is 3330. The summed E-state index contributed by atoms with van der Waals surface area (Å²) in [6.45, 7) is 0. The summed E-state index contributed by atoms with van der Waals surface area (Å²) in [7, 11) is 0. The molecule has 0 aliphatic carbocycles. The quantitative estimate of drug-likeness (QED) is 0.167. The molecule has 50 heavy (non-hydrogen) atoms. The largest absolute Gasteiger partial charge is 0.0622 e. The Balaban J connectivity index is 1.45. The molecule has 0 heterocycles. The first-order valence-corrected chi connectivity index (χ1v) is 17.5. The first kappa shape index (κ1) is 26.5. The molecule has 12 rings (SSSR count). The van der Waals surface area contributed by atoms with Crippen LogP contribution < -0.4 is 0 Å². The fraction of sp³-hybridized carbons (Fsp3) is 0. The molecule has 228 valence electrons. The lowest BCUT2D eigenvalue weighted by molar-refractivity contribution is 1.68. The average Bonchev–Trinajstić information content (AvgIpc) is 3.68.